The summed E-state index contributed by atoms with van der Waals surface area (Å²) >= 11 is 0. The maximum Gasteiger partial charge on any atom is 0.261 e. The second-order valence-electron chi connectivity index (χ2n) is 5.84. The van der Waals surface area contributed by atoms with E-state index in [0.717, 1.165) is 42.6 Å². The molecule has 0 atom stereocenters. The van der Waals surface area contributed by atoms with Crippen molar-refractivity contribution in [1.29, 1.82) is 0 Å². The molecule has 1 aromatic heterocycles. The van der Waals surface area contributed by atoms with Gasteiger partial charge in [-0.3, -0.25) is 19.4 Å². The van der Waals surface area contributed by atoms with Crippen LogP contribution >= 0.6 is 0 Å². The van der Waals surface area contributed by atoms with E-state index in [1.54, 1.807) is 10.0 Å². The fourth-order valence-corrected chi connectivity index (χ4v) is 2.67. The fraction of sp³-hybridized carbons (Fsp3) is 0.471. The van der Waals surface area contributed by atoms with Gasteiger partial charge in [0.15, 0.2) is 0 Å². The van der Waals surface area contributed by atoms with Crippen LogP contribution in [0.15, 0.2) is 23.0 Å². The second-order valence-corrected chi connectivity index (χ2v) is 5.84. The molecule has 1 heterocycles. The van der Waals surface area contributed by atoms with Crippen molar-refractivity contribution in [3.63, 3.8) is 0 Å². The lowest BCUT2D eigenvalue weighted by molar-refractivity contribution is -0.129. The lowest BCUT2D eigenvalue weighted by atomic mass is 10.1. The number of hydrogen-bond donors (Lipinski definition) is 2. The Bertz CT molecular complexity index is 753. The Morgan fingerprint density at radius 1 is 1.22 bits per heavy atom. The summed E-state index contributed by atoms with van der Waals surface area (Å²) in [5.74, 6) is 0.372. The number of rotatable bonds is 7. The number of benzene rings is 1. The molecule has 2 rings (SSSR count). The van der Waals surface area contributed by atoms with Gasteiger partial charge in [0.2, 0.25) is 5.91 Å². The van der Waals surface area contributed by atoms with E-state index in [9.17, 15) is 9.59 Å². The predicted molar refractivity (Wildman–Crippen MR) is 88.5 cm³/mol. The third kappa shape index (κ3) is 4.39. The molecule has 6 nitrogen and oxygen atoms in total. The van der Waals surface area contributed by atoms with Crippen molar-refractivity contribution in [3.8, 4) is 0 Å². The molecule has 0 aliphatic heterocycles. The summed E-state index contributed by atoms with van der Waals surface area (Å²) in [5.41, 5.74) is 3.43. The van der Waals surface area contributed by atoms with E-state index in [1.165, 1.54) is 0 Å². The van der Waals surface area contributed by atoms with Crippen molar-refractivity contribution >= 4 is 16.8 Å². The van der Waals surface area contributed by atoms with Gasteiger partial charge in [-0.2, -0.15) is 0 Å². The molecule has 2 aromatic rings. The molecule has 0 saturated carbocycles. The van der Waals surface area contributed by atoms with E-state index < -0.39 is 0 Å². The number of carbonyl (C=O) groups excluding carboxylic acids is 1. The molecule has 124 valence electrons. The predicted octanol–water partition coefficient (Wildman–Crippen LogP) is 2.47. The van der Waals surface area contributed by atoms with E-state index in [0.29, 0.717) is 18.4 Å². The Morgan fingerprint density at radius 3 is 2.70 bits per heavy atom. The van der Waals surface area contributed by atoms with E-state index in [-0.39, 0.29) is 11.5 Å². The minimum atomic E-state index is -0.355. The van der Waals surface area contributed by atoms with Crippen molar-refractivity contribution in [2.24, 2.45) is 0 Å². The standard InChI is InChI=1S/C17H23N3O3/c1-12-8-9-15-14(11-12)17(22)20(13(2)18-15)10-6-4-3-5-7-16(21)19-23/h8-9,11,23H,3-7,10H2,1-2H3,(H,19,21). The Kier molecular flexibility index (Phi) is 5.87. The van der Waals surface area contributed by atoms with E-state index in [1.807, 2.05) is 32.0 Å². The van der Waals surface area contributed by atoms with Crippen molar-refractivity contribution in [1.82, 2.24) is 15.0 Å². The number of amides is 1. The molecule has 1 aromatic carbocycles. The SMILES string of the molecule is Cc1ccc2nc(C)n(CCCCCCC(=O)NO)c(=O)c2c1. The van der Waals surface area contributed by atoms with Gasteiger partial charge >= 0.3 is 0 Å². The number of aryl methyl sites for hydroxylation is 2. The highest BCUT2D eigenvalue weighted by Gasteiger charge is 2.08. The van der Waals surface area contributed by atoms with Crippen LogP contribution in [0.5, 0.6) is 0 Å². The fourth-order valence-electron chi connectivity index (χ4n) is 2.67. The lowest BCUT2D eigenvalue weighted by Crippen LogP contribution is -2.24. The second kappa shape index (κ2) is 7.87. The summed E-state index contributed by atoms with van der Waals surface area (Å²) in [6.07, 6.45) is 3.74. The minimum absolute atomic E-state index is 0.0101. The van der Waals surface area contributed by atoms with Crippen molar-refractivity contribution < 1.29 is 10.0 Å². The Morgan fingerprint density at radius 2 is 1.96 bits per heavy atom. The monoisotopic (exact) mass is 317 g/mol. The summed E-state index contributed by atoms with van der Waals surface area (Å²) in [4.78, 5) is 28.0. The average Bonchev–Trinajstić information content (AvgIpc) is 2.53. The van der Waals surface area contributed by atoms with Crippen LogP contribution in [0.2, 0.25) is 0 Å². The zero-order valence-electron chi connectivity index (χ0n) is 13.6. The quantitative estimate of drug-likeness (QED) is 0.467. The number of fused-ring (bicyclic) bond motifs is 1. The lowest BCUT2D eigenvalue weighted by Gasteiger charge is -2.11. The maximum absolute atomic E-state index is 12.6. The molecule has 0 radical (unpaired) electrons. The highest BCUT2D eigenvalue weighted by Crippen LogP contribution is 2.11. The summed E-state index contributed by atoms with van der Waals surface area (Å²) in [5, 5.41) is 9.07. The summed E-state index contributed by atoms with van der Waals surface area (Å²) in [6, 6.07) is 5.73. The first-order chi connectivity index (χ1) is 11.0. The molecule has 0 saturated heterocycles. The largest absolute Gasteiger partial charge is 0.296 e. The number of unbranched alkanes of at least 4 members (excludes halogenated alkanes) is 3. The molecule has 0 bridgehead atoms. The first-order valence-electron chi connectivity index (χ1n) is 7.93. The molecule has 2 N–H and O–H groups in total. The van der Waals surface area contributed by atoms with Gasteiger partial charge in [-0.05, 0) is 38.8 Å². The van der Waals surface area contributed by atoms with E-state index in [2.05, 4.69) is 4.98 Å². The van der Waals surface area contributed by atoms with Gasteiger partial charge in [0.1, 0.15) is 5.82 Å². The molecular formula is C17H23N3O3. The van der Waals surface area contributed by atoms with Crippen LogP contribution < -0.4 is 11.0 Å². The van der Waals surface area contributed by atoms with Gasteiger partial charge in [-0.25, -0.2) is 10.5 Å². The first-order valence-corrected chi connectivity index (χ1v) is 7.93. The molecule has 0 spiro atoms. The summed E-state index contributed by atoms with van der Waals surface area (Å²) < 4.78 is 1.72. The van der Waals surface area contributed by atoms with Gasteiger partial charge in [0.25, 0.3) is 5.56 Å². The Labute approximate surface area is 135 Å². The number of hydroxylamine groups is 1. The number of carbonyl (C=O) groups is 1. The molecule has 0 aliphatic carbocycles. The smallest absolute Gasteiger partial charge is 0.261 e. The Balaban J connectivity index is 1.98. The molecule has 1 amide bonds. The number of nitrogens with one attached hydrogen (secondary N) is 1. The highest BCUT2D eigenvalue weighted by atomic mass is 16.5. The van der Waals surface area contributed by atoms with Gasteiger partial charge in [-0.15, -0.1) is 0 Å². The van der Waals surface area contributed by atoms with Crippen LogP contribution in [0, 0.1) is 13.8 Å². The topological polar surface area (TPSA) is 84.2 Å². The third-order valence-corrected chi connectivity index (χ3v) is 3.96. The third-order valence-electron chi connectivity index (χ3n) is 3.96. The van der Waals surface area contributed by atoms with Crippen LogP contribution in [0.4, 0.5) is 0 Å². The van der Waals surface area contributed by atoms with Crippen molar-refractivity contribution in [3.05, 3.63) is 39.9 Å². The number of hydrogen-bond acceptors (Lipinski definition) is 4. The minimum Gasteiger partial charge on any atom is -0.296 e. The molecule has 23 heavy (non-hydrogen) atoms. The summed E-state index contributed by atoms with van der Waals surface area (Å²) in [6.45, 7) is 4.45. The number of aromatic nitrogens is 2. The Hall–Kier alpha value is -2.21. The molecular weight excluding hydrogens is 294 g/mol. The van der Waals surface area contributed by atoms with Crippen molar-refractivity contribution in [2.75, 3.05) is 0 Å². The number of nitrogens with zero attached hydrogens (tertiary/aromatic N) is 2. The van der Waals surface area contributed by atoms with E-state index in [4.69, 9.17) is 5.21 Å². The van der Waals surface area contributed by atoms with Crippen LogP contribution in [-0.2, 0) is 11.3 Å². The average molecular weight is 317 g/mol. The van der Waals surface area contributed by atoms with Crippen molar-refractivity contribution in [2.45, 2.75) is 52.5 Å². The molecule has 0 unspecified atom stereocenters. The first kappa shape index (κ1) is 17.1. The highest BCUT2D eigenvalue weighted by molar-refractivity contribution is 5.78. The van der Waals surface area contributed by atoms with Crippen LogP contribution in [0.3, 0.4) is 0 Å². The maximum atomic E-state index is 12.6. The van der Waals surface area contributed by atoms with Crippen LogP contribution in [0.25, 0.3) is 10.9 Å². The zero-order chi connectivity index (χ0) is 16.8. The molecule has 0 fully saturated rings. The zero-order valence-corrected chi connectivity index (χ0v) is 13.6. The normalized spacial score (nSPS) is 10.9. The van der Waals surface area contributed by atoms with Gasteiger partial charge in [0, 0.05) is 13.0 Å². The van der Waals surface area contributed by atoms with Crippen LogP contribution in [0.1, 0.15) is 43.5 Å². The summed E-state index contributed by atoms with van der Waals surface area (Å²) in [7, 11) is 0. The van der Waals surface area contributed by atoms with Gasteiger partial charge in [-0.1, -0.05) is 24.5 Å². The molecule has 0 aliphatic rings. The van der Waals surface area contributed by atoms with Crippen LogP contribution in [-0.4, -0.2) is 20.7 Å². The van der Waals surface area contributed by atoms with Gasteiger partial charge < -0.3 is 0 Å². The molecule has 6 heteroatoms. The van der Waals surface area contributed by atoms with E-state index >= 15 is 0 Å². The van der Waals surface area contributed by atoms with Gasteiger partial charge in [0.05, 0.1) is 10.9 Å².